The molecule has 67 heavy (non-hydrogen) atoms. The number of rotatable bonds is 9. The van der Waals surface area contributed by atoms with Gasteiger partial charge in [-0.3, -0.25) is 29.2 Å². The van der Waals surface area contributed by atoms with Crippen LogP contribution in [0.15, 0.2) is 54.7 Å². The molecule has 1 unspecified atom stereocenters. The Balaban J connectivity index is 1.31. The third-order valence-electron chi connectivity index (χ3n) is 13.7. The number of esters is 1. The van der Waals surface area contributed by atoms with E-state index in [2.05, 4.69) is 54.3 Å². The van der Waals surface area contributed by atoms with Crippen molar-refractivity contribution in [2.24, 2.45) is 23.2 Å². The zero-order valence-corrected chi connectivity index (χ0v) is 40.6. The van der Waals surface area contributed by atoms with Crippen LogP contribution in [0.3, 0.4) is 0 Å². The second kappa shape index (κ2) is 20.1. The number of hydrogen-bond acceptors (Lipinski definition) is 11. The number of pyridine rings is 1. The van der Waals surface area contributed by atoms with Gasteiger partial charge in [0.1, 0.15) is 23.9 Å². The van der Waals surface area contributed by atoms with Crippen molar-refractivity contribution >= 4 is 40.7 Å². The molecule has 0 aliphatic carbocycles. The summed E-state index contributed by atoms with van der Waals surface area (Å²) in [6, 6.07) is 12.5. The standard InChI is InChI=1S/C51H67N7O9/c1-11-57-42-17-16-33-24-37(42)38(45(57)36-14-12-18-52-43(36)31(5)65-9)25-51(6,7)28-67-49(63)40-15-13-19-58(54-40)48(62)41(22-32-20-34(33)23-35(59)21-32)53-46(60)44(29(2)3)55(8)47(61)39-27-56(26-30(39)4)50(64)66-10/h12,14,16-18,20-21,23-24,29-31,39-41,44,54,59H,11,13,15,19,22,25-28H2,1-10H3,(H,53,60)/t30-,31-,39+,40-,41-,44?/m0/s1. The van der Waals surface area contributed by atoms with E-state index in [1.54, 1.807) is 32.5 Å². The molecule has 3 aliphatic rings. The number of methoxy groups -OCH3 is 2. The zero-order chi connectivity index (χ0) is 48.5. The summed E-state index contributed by atoms with van der Waals surface area (Å²) >= 11 is 0. The van der Waals surface area contributed by atoms with E-state index < -0.39 is 53.3 Å². The van der Waals surface area contributed by atoms with Crippen molar-refractivity contribution in [2.75, 3.05) is 47.5 Å². The van der Waals surface area contributed by atoms with Crippen LogP contribution in [0.5, 0.6) is 5.75 Å². The molecule has 0 spiro atoms. The molecular formula is C51H67N7O9. The van der Waals surface area contributed by atoms with Crippen LogP contribution in [0.4, 0.5) is 4.79 Å². The summed E-state index contributed by atoms with van der Waals surface area (Å²) in [5, 5.41) is 16.7. The van der Waals surface area contributed by atoms with Gasteiger partial charge in [-0.1, -0.05) is 46.8 Å². The van der Waals surface area contributed by atoms with Crippen molar-refractivity contribution in [3.63, 3.8) is 0 Å². The molecular weight excluding hydrogens is 855 g/mol. The number of aryl methyl sites for hydroxylation is 1. The van der Waals surface area contributed by atoms with Crippen molar-refractivity contribution in [3.05, 3.63) is 71.5 Å². The maximum atomic E-state index is 14.7. The lowest BCUT2D eigenvalue weighted by Crippen LogP contribution is -2.62. The molecule has 4 amide bonds. The fourth-order valence-electron chi connectivity index (χ4n) is 10.2. The number of ether oxygens (including phenoxy) is 3. The molecule has 5 heterocycles. The fourth-order valence-corrected chi connectivity index (χ4v) is 10.2. The third-order valence-corrected chi connectivity index (χ3v) is 13.7. The minimum atomic E-state index is -1.18. The summed E-state index contributed by atoms with van der Waals surface area (Å²) < 4.78 is 19.1. The Morgan fingerprint density at radius 1 is 1.06 bits per heavy atom. The van der Waals surface area contributed by atoms with Gasteiger partial charge < -0.3 is 39.0 Å². The van der Waals surface area contributed by atoms with E-state index in [9.17, 15) is 29.1 Å². The van der Waals surface area contributed by atoms with Gasteiger partial charge in [0, 0.05) is 74.8 Å². The molecule has 2 aromatic heterocycles. The lowest BCUT2D eigenvalue weighted by molar-refractivity contribution is -0.155. The second-order valence-electron chi connectivity index (χ2n) is 19.6. The van der Waals surface area contributed by atoms with Gasteiger partial charge in [0.2, 0.25) is 11.8 Å². The van der Waals surface area contributed by atoms with Crippen molar-refractivity contribution in [3.8, 4) is 28.1 Å². The van der Waals surface area contributed by atoms with E-state index >= 15 is 0 Å². The van der Waals surface area contributed by atoms with Crippen molar-refractivity contribution < 1.29 is 43.3 Å². The number of fused-ring (bicyclic) bond motifs is 6. The predicted octanol–water partition coefficient (Wildman–Crippen LogP) is 6.27. The Morgan fingerprint density at radius 3 is 2.52 bits per heavy atom. The summed E-state index contributed by atoms with van der Waals surface area (Å²) in [6.45, 7) is 15.3. The van der Waals surface area contributed by atoms with Crippen LogP contribution in [0.25, 0.3) is 33.3 Å². The first kappa shape index (κ1) is 48.9. The van der Waals surface area contributed by atoms with Crippen molar-refractivity contribution in [1.82, 2.24) is 35.1 Å². The van der Waals surface area contributed by atoms with Crippen molar-refractivity contribution in [2.45, 2.75) is 105 Å². The number of phenols is 1. The molecule has 6 bridgehead atoms. The molecule has 16 heteroatoms. The molecule has 7 rings (SSSR count). The normalized spacial score (nSPS) is 22.0. The molecule has 0 saturated carbocycles. The fraction of sp³-hybridized carbons (Fsp3) is 0.529. The third kappa shape index (κ3) is 10.2. The Labute approximate surface area is 393 Å². The SMILES string of the molecule is CCn1c(-c2cccnc2[C@H](C)OC)c2c3cc(ccc31)-c1cc(O)cc(c1)C[C@H](NC(=O)C(C(C)C)N(C)C(=O)[C@@H]1CN(C(=O)OC)C[C@@H]1C)C(=O)N1CCC[C@H](N1)C(=O)OCC(C)(C)C2. The zero-order valence-electron chi connectivity index (χ0n) is 40.6. The predicted molar refractivity (Wildman–Crippen MR) is 253 cm³/mol. The number of nitrogens with zero attached hydrogens (tertiary/aromatic N) is 5. The first-order valence-electron chi connectivity index (χ1n) is 23.5. The average molecular weight is 922 g/mol. The Morgan fingerprint density at radius 2 is 1.82 bits per heavy atom. The van der Waals surface area contributed by atoms with Gasteiger partial charge in [0.15, 0.2) is 0 Å². The number of phenolic OH excluding ortho intramolecular Hbond substituents is 1. The van der Waals surface area contributed by atoms with Gasteiger partial charge in [0.25, 0.3) is 5.91 Å². The van der Waals surface area contributed by atoms with Gasteiger partial charge in [-0.15, -0.1) is 0 Å². The molecule has 6 atom stereocenters. The number of likely N-dealkylation sites (N-methyl/N-ethyl adjacent to an activating group) is 1. The maximum absolute atomic E-state index is 14.7. The number of hydrazine groups is 1. The van der Waals surface area contributed by atoms with Crippen LogP contribution in [0.2, 0.25) is 0 Å². The lowest BCUT2D eigenvalue weighted by Gasteiger charge is -2.37. The smallest absolute Gasteiger partial charge is 0.409 e. The van der Waals surface area contributed by atoms with Crippen LogP contribution in [-0.2, 0) is 52.8 Å². The van der Waals surface area contributed by atoms with Gasteiger partial charge in [-0.05, 0) is 104 Å². The number of carbonyl (C=O) groups is 5. The minimum absolute atomic E-state index is 0.0165. The highest BCUT2D eigenvalue weighted by Crippen LogP contribution is 2.42. The minimum Gasteiger partial charge on any atom is -0.508 e. The molecule has 4 aromatic rings. The number of aromatic hydroxyl groups is 1. The van der Waals surface area contributed by atoms with Crippen molar-refractivity contribution in [1.29, 1.82) is 0 Å². The molecule has 16 nitrogen and oxygen atoms in total. The lowest BCUT2D eigenvalue weighted by atomic mass is 9.84. The topological polar surface area (TPSA) is 185 Å². The van der Waals surface area contributed by atoms with Crippen LogP contribution >= 0.6 is 0 Å². The highest BCUT2D eigenvalue weighted by atomic mass is 16.5. The Kier molecular flexibility index (Phi) is 14.7. The number of carbonyl (C=O) groups excluding carboxylic acids is 5. The highest BCUT2D eigenvalue weighted by molar-refractivity contribution is 5.96. The summed E-state index contributed by atoms with van der Waals surface area (Å²) in [4.78, 5) is 77.4. The molecule has 2 saturated heterocycles. The largest absolute Gasteiger partial charge is 0.508 e. The van der Waals surface area contributed by atoms with E-state index in [0.717, 1.165) is 39.0 Å². The van der Waals surface area contributed by atoms with E-state index in [-0.39, 0.29) is 55.7 Å². The Bertz CT molecular complexity index is 2520. The summed E-state index contributed by atoms with van der Waals surface area (Å²) in [7, 11) is 4.54. The van der Waals surface area contributed by atoms with E-state index in [1.807, 2.05) is 45.9 Å². The monoisotopic (exact) mass is 922 g/mol. The van der Waals surface area contributed by atoms with E-state index in [1.165, 1.54) is 21.9 Å². The van der Waals surface area contributed by atoms with Crippen LogP contribution in [0.1, 0.15) is 84.2 Å². The summed E-state index contributed by atoms with van der Waals surface area (Å²) in [5.41, 5.74) is 9.50. The molecule has 360 valence electrons. The number of benzene rings is 2. The first-order valence-corrected chi connectivity index (χ1v) is 23.5. The van der Waals surface area contributed by atoms with E-state index in [4.69, 9.17) is 19.2 Å². The van der Waals surface area contributed by atoms with Crippen LogP contribution in [0, 0.1) is 23.2 Å². The molecule has 2 aromatic carbocycles. The van der Waals surface area contributed by atoms with Gasteiger partial charge in [0.05, 0.1) is 37.1 Å². The summed E-state index contributed by atoms with van der Waals surface area (Å²) in [6.07, 6.45) is 2.42. The van der Waals surface area contributed by atoms with E-state index in [0.29, 0.717) is 43.5 Å². The first-order chi connectivity index (χ1) is 31.9. The highest BCUT2D eigenvalue weighted by Gasteiger charge is 2.43. The summed E-state index contributed by atoms with van der Waals surface area (Å²) in [5.74, 6) is -2.92. The number of likely N-dealkylation sites (tertiary alicyclic amines) is 1. The van der Waals surface area contributed by atoms with Gasteiger partial charge in [-0.25, -0.2) is 10.2 Å². The molecule has 2 fully saturated rings. The molecule has 0 radical (unpaired) electrons. The average Bonchev–Trinajstić information content (AvgIpc) is 3.85. The van der Waals surface area contributed by atoms with Crippen LogP contribution in [-0.4, -0.2) is 125 Å². The number of aromatic nitrogens is 2. The number of cyclic esters (lactones) is 1. The maximum Gasteiger partial charge on any atom is 0.409 e. The van der Waals surface area contributed by atoms with Gasteiger partial charge in [-0.2, -0.15) is 0 Å². The van der Waals surface area contributed by atoms with Gasteiger partial charge >= 0.3 is 12.1 Å². The van der Waals surface area contributed by atoms with Crippen LogP contribution < -0.4 is 10.7 Å². The number of hydrogen-bond donors (Lipinski definition) is 3. The molecule has 3 aliphatic heterocycles. The quantitative estimate of drug-likeness (QED) is 0.161. The Hall–Kier alpha value is -6.00. The second-order valence-corrected chi connectivity index (χ2v) is 19.6. The number of amides is 4. The molecule has 3 N–H and O–H groups in total. The number of nitrogens with one attached hydrogen (secondary N) is 2.